The van der Waals surface area contributed by atoms with Crippen LogP contribution in [0.3, 0.4) is 0 Å². The molecule has 0 spiro atoms. The Labute approximate surface area is 174 Å². The highest BCUT2D eigenvalue weighted by Gasteiger charge is 2.26. The van der Waals surface area contributed by atoms with Crippen LogP contribution < -0.4 is 10.6 Å². The van der Waals surface area contributed by atoms with Crippen molar-refractivity contribution < 1.29 is 0 Å². The lowest BCUT2D eigenvalue weighted by atomic mass is 9.93. The molecule has 0 bridgehead atoms. The number of fused-ring (bicyclic) bond motifs is 3. The highest BCUT2D eigenvalue weighted by atomic mass is 35.5. The minimum atomic E-state index is 0.0637. The van der Waals surface area contributed by atoms with E-state index in [1.54, 1.807) is 13.2 Å². The van der Waals surface area contributed by atoms with E-state index in [1.165, 1.54) is 0 Å². The summed E-state index contributed by atoms with van der Waals surface area (Å²) in [6, 6.07) is 13.9. The Morgan fingerprint density at radius 2 is 2.07 bits per heavy atom. The van der Waals surface area contributed by atoms with E-state index in [0.717, 1.165) is 46.7 Å². The number of nitrogens with zero attached hydrogens (tertiary/aromatic N) is 4. The van der Waals surface area contributed by atoms with Crippen LogP contribution in [0.4, 0.5) is 5.69 Å². The van der Waals surface area contributed by atoms with Crippen LogP contribution >= 0.6 is 11.6 Å². The summed E-state index contributed by atoms with van der Waals surface area (Å²) >= 11 is 6.04. The SMILES string of the molecule is CN/C=C(\N=N)c1ccc2c(c1)C(Nc1ccc(Cl)cc1)CCn1nnc(C)c1-2. The van der Waals surface area contributed by atoms with Gasteiger partial charge in [0.2, 0.25) is 0 Å². The van der Waals surface area contributed by atoms with Gasteiger partial charge in [-0.15, -0.1) is 5.10 Å². The van der Waals surface area contributed by atoms with Gasteiger partial charge in [-0.05, 0) is 49.2 Å². The van der Waals surface area contributed by atoms with E-state index >= 15 is 0 Å². The largest absolute Gasteiger partial charge is 0.392 e. The van der Waals surface area contributed by atoms with Gasteiger partial charge in [-0.25, -0.2) is 10.2 Å². The fourth-order valence-corrected chi connectivity index (χ4v) is 3.86. The maximum Gasteiger partial charge on any atom is 0.108 e. The van der Waals surface area contributed by atoms with Crippen molar-refractivity contribution in [1.82, 2.24) is 20.3 Å². The molecule has 3 aromatic rings. The number of hydrogen-bond acceptors (Lipinski definition) is 6. The highest BCUT2D eigenvalue weighted by Crippen LogP contribution is 2.38. The van der Waals surface area contributed by atoms with E-state index in [0.29, 0.717) is 10.7 Å². The molecule has 8 heteroatoms. The zero-order chi connectivity index (χ0) is 20.4. The summed E-state index contributed by atoms with van der Waals surface area (Å²) in [6.45, 7) is 2.74. The van der Waals surface area contributed by atoms with Gasteiger partial charge < -0.3 is 10.6 Å². The van der Waals surface area contributed by atoms with Crippen molar-refractivity contribution in [1.29, 1.82) is 5.53 Å². The minimum Gasteiger partial charge on any atom is -0.392 e. The minimum absolute atomic E-state index is 0.0637. The normalized spacial score (nSPS) is 15.8. The molecule has 4 rings (SSSR count). The molecule has 29 heavy (non-hydrogen) atoms. The van der Waals surface area contributed by atoms with E-state index in [-0.39, 0.29) is 6.04 Å². The molecule has 1 aromatic heterocycles. The predicted molar refractivity (Wildman–Crippen MR) is 115 cm³/mol. The van der Waals surface area contributed by atoms with Gasteiger partial charge in [-0.1, -0.05) is 28.9 Å². The van der Waals surface area contributed by atoms with Gasteiger partial charge in [0.1, 0.15) is 5.70 Å². The summed E-state index contributed by atoms with van der Waals surface area (Å²) in [5, 5.41) is 19.6. The first-order valence-corrected chi connectivity index (χ1v) is 9.80. The topological polar surface area (TPSA) is 91.0 Å². The van der Waals surface area contributed by atoms with Crippen LogP contribution in [-0.4, -0.2) is 22.0 Å². The monoisotopic (exact) mass is 407 g/mol. The molecule has 0 amide bonds. The molecule has 2 aromatic carbocycles. The molecule has 0 saturated heterocycles. The summed E-state index contributed by atoms with van der Waals surface area (Å²) in [7, 11) is 1.80. The number of anilines is 1. The maximum absolute atomic E-state index is 7.52. The number of nitrogens with one attached hydrogen (secondary N) is 3. The first-order chi connectivity index (χ1) is 14.1. The van der Waals surface area contributed by atoms with Crippen LogP contribution in [0, 0.1) is 12.5 Å². The highest BCUT2D eigenvalue weighted by molar-refractivity contribution is 6.30. The molecule has 3 N–H and O–H groups in total. The van der Waals surface area contributed by atoms with E-state index in [9.17, 15) is 0 Å². The number of hydrogen-bond donors (Lipinski definition) is 3. The summed E-state index contributed by atoms with van der Waals surface area (Å²) in [6.07, 6.45) is 2.57. The molecule has 0 saturated carbocycles. The van der Waals surface area contributed by atoms with Gasteiger partial charge in [0.15, 0.2) is 0 Å². The molecule has 148 valence electrons. The number of benzene rings is 2. The fourth-order valence-electron chi connectivity index (χ4n) is 3.74. The van der Waals surface area contributed by atoms with Crippen molar-refractivity contribution in [2.45, 2.75) is 25.9 Å². The Bertz CT molecular complexity index is 1070. The second-order valence-corrected chi connectivity index (χ2v) is 7.41. The van der Waals surface area contributed by atoms with Gasteiger partial charge in [0.25, 0.3) is 0 Å². The maximum atomic E-state index is 7.52. The number of rotatable bonds is 5. The van der Waals surface area contributed by atoms with Crippen molar-refractivity contribution in [2.75, 3.05) is 12.4 Å². The van der Waals surface area contributed by atoms with Crippen LogP contribution in [0.15, 0.2) is 53.8 Å². The molecule has 2 heterocycles. The average Bonchev–Trinajstić information content (AvgIpc) is 3.02. The second-order valence-electron chi connectivity index (χ2n) is 6.97. The number of aryl methyl sites for hydroxylation is 2. The lowest BCUT2D eigenvalue weighted by Crippen LogP contribution is -2.13. The van der Waals surface area contributed by atoms with Crippen molar-refractivity contribution in [3.63, 3.8) is 0 Å². The fraction of sp³-hybridized carbons (Fsp3) is 0.238. The summed E-state index contributed by atoms with van der Waals surface area (Å²) in [4.78, 5) is 0. The summed E-state index contributed by atoms with van der Waals surface area (Å²) < 4.78 is 1.97. The van der Waals surface area contributed by atoms with Crippen LogP contribution in [0.2, 0.25) is 5.02 Å². The molecular formula is C21H22ClN7. The quantitative estimate of drug-likeness (QED) is 0.518. The summed E-state index contributed by atoms with van der Waals surface area (Å²) in [5.41, 5.74) is 14.2. The average molecular weight is 408 g/mol. The summed E-state index contributed by atoms with van der Waals surface area (Å²) in [5.74, 6) is 0. The first kappa shape index (κ1) is 19.1. The molecule has 1 unspecified atom stereocenters. The van der Waals surface area contributed by atoms with Crippen LogP contribution in [0.1, 0.15) is 29.3 Å². The smallest absolute Gasteiger partial charge is 0.108 e. The lowest BCUT2D eigenvalue weighted by molar-refractivity contribution is 0.539. The predicted octanol–water partition coefficient (Wildman–Crippen LogP) is 5.01. The molecule has 1 aliphatic rings. The Balaban J connectivity index is 1.83. The Morgan fingerprint density at radius 3 is 2.79 bits per heavy atom. The number of aromatic nitrogens is 3. The first-order valence-electron chi connectivity index (χ1n) is 9.42. The van der Waals surface area contributed by atoms with Crippen molar-refractivity contribution in [2.24, 2.45) is 5.11 Å². The van der Waals surface area contributed by atoms with Gasteiger partial charge in [-0.2, -0.15) is 5.11 Å². The van der Waals surface area contributed by atoms with Gasteiger partial charge in [0, 0.05) is 41.6 Å². The van der Waals surface area contributed by atoms with Crippen LogP contribution in [-0.2, 0) is 6.54 Å². The molecule has 1 atom stereocenters. The Hall–Kier alpha value is -3.19. The van der Waals surface area contributed by atoms with Gasteiger partial charge >= 0.3 is 0 Å². The molecule has 7 nitrogen and oxygen atoms in total. The molecule has 0 fully saturated rings. The van der Waals surface area contributed by atoms with Gasteiger partial charge in [0.05, 0.1) is 17.4 Å². The van der Waals surface area contributed by atoms with Gasteiger partial charge in [-0.3, -0.25) is 0 Å². The third-order valence-electron chi connectivity index (χ3n) is 5.10. The third kappa shape index (κ3) is 3.73. The van der Waals surface area contributed by atoms with E-state index in [2.05, 4.69) is 38.2 Å². The Morgan fingerprint density at radius 1 is 1.28 bits per heavy atom. The lowest BCUT2D eigenvalue weighted by Gasteiger charge is -2.21. The van der Waals surface area contributed by atoms with E-state index in [1.807, 2.05) is 41.9 Å². The third-order valence-corrected chi connectivity index (χ3v) is 5.35. The zero-order valence-corrected chi connectivity index (χ0v) is 17.0. The van der Waals surface area contributed by atoms with Crippen molar-refractivity contribution in [3.8, 4) is 11.3 Å². The van der Waals surface area contributed by atoms with Crippen molar-refractivity contribution >= 4 is 23.0 Å². The molecule has 1 aliphatic heterocycles. The molecular weight excluding hydrogens is 386 g/mol. The van der Waals surface area contributed by atoms with E-state index in [4.69, 9.17) is 17.1 Å². The Kier molecular flexibility index (Phi) is 5.31. The van der Waals surface area contributed by atoms with Crippen LogP contribution in [0.5, 0.6) is 0 Å². The standard InChI is InChI=1S/C21H22ClN7/c1-13-21-17-8-3-14(20(26-23)12-24-2)11-18(17)19(9-10-29(21)28-27-13)25-16-6-4-15(22)5-7-16/h3-8,11-12,19,23-25H,9-10H2,1-2H3/b20-12-,26-23?. The molecule has 0 aliphatic carbocycles. The van der Waals surface area contributed by atoms with Crippen molar-refractivity contribution in [3.05, 3.63) is 70.5 Å². The second kappa shape index (κ2) is 8.05. The van der Waals surface area contributed by atoms with E-state index < -0.39 is 0 Å². The zero-order valence-electron chi connectivity index (χ0n) is 16.3. The molecule has 0 radical (unpaired) electrons. The number of halogens is 1. The van der Waals surface area contributed by atoms with Crippen LogP contribution in [0.25, 0.3) is 17.0 Å².